The number of ether oxygens (including phenoxy) is 1. The molecule has 0 radical (unpaired) electrons. The molecule has 0 aliphatic carbocycles. The summed E-state index contributed by atoms with van der Waals surface area (Å²) < 4.78 is 5.46. The van der Waals surface area contributed by atoms with Gasteiger partial charge in [0.15, 0.2) is 0 Å². The zero-order valence-corrected chi connectivity index (χ0v) is 25.4. The van der Waals surface area contributed by atoms with Crippen LogP contribution in [0.1, 0.15) is 85.0 Å². The molecule has 0 aliphatic rings. The molecule has 2 rings (SSSR count). The SMILES string of the molecule is Cc1cc(C(C(=O)NC(C)(C)C)N(C(=O)C(Cc2ccc(O)cc2)NC(=O)OC(C)(C)C)C(C)(C)C)ccc1O. The van der Waals surface area contributed by atoms with Crippen LogP contribution in [-0.4, -0.2) is 55.7 Å². The number of rotatable bonds is 7. The fraction of sp³-hybridized carbons (Fsp3) is 0.516. The second-order valence-corrected chi connectivity index (χ2v) is 13.1. The second-order valence-electron chi connectivity index (χ2n) is 13.1. The molecule has 0 saturated carbocycles. The van der Waals surface area contributed by atoms with E-state index in [0.717, 1.165) is 0 Å². The summed E-state index contributed by atoms with van der Waals surface area (Å²) in [7, 11) is 0. The van der Waals surface area contributed by atoms with E-state index in [-0.39, 0.29) is 17.9 Å². The van der Waals surface area contributed by atoms with Crippen molar-refractivity contribution < 1.29 is 29.3 Å². The molecule has 2 aromatic carbocycles. The summed E-state index contributed by atoms with van der Waals surface area (Å²) in [6.07, 6.45) is -0.678. The summed E-state index contributed by atoms with van der Waals surface area (Å²) in [4.78, 5) is 42.7. The van der Waals surface area contributed by atoms with E-state index < -0.39 is 46.7 Å². The lowest BCUT2D eigenvalue weighted by atomic mass is 9.92. The molecule has 0 heterocycles. The van der Waals surface area contributed by atoms with E-state index in [1.165, 1.54) is 23.1 Å². The van der Waals surface area contributed by atoms with Crippen LogP contribution in [-0.2, 0) is 20.7 Å². The number of nitrogens with one attached hydrogen (secondary N) is 2. The fourth-order valence-electron chi connectivity index (χ4n) is 4.24. The lowest BCUT2D eigenvalue weighted by Crippen LogP contribution is -2.60. The minimum absolute atomic E-state index is 0.0733. The third-order valence-electron chi connectivity index (χ3n) is 5.87. The van der Waals surface area contributed by atoms with Crippen molar-refractivity contribution in [3.8, 4) is 11.5 Å². The first-order chi connectivity index (χ1) is 18.2. The zero-order chi connectivity index (χ0) is 30.6. The maximum atomic E-state index is 14.5. The van der Waals surface area contributed by atoms with Gasteiger partial charge in [-0.2, -0.15) is 0 Å². The highest BCUT2D eigenvalue weighted by atomic mass is 16.6. The van der Waals surface area contributed by atoms with Gasteiger partial charge in [-0.05, 0) is 110 Å². The Balaban J connectivity index is 2.67. The molecule has 2 unspecified atom stereocenters. The maximum absolute atomic E-state index is 14.5. The summed E-state index contributed by atoms with van der Waals surface area (Å²) in [6.45, 7) is 17.9. The monoisotopic (exact) mass is 555 g/mol. The minimum Gasteiger partial charge on any atom is -0.508 e. The van der Waals surface area contributed by atoms with Gasteiger partial charge < -0.3 is 30.5 Å². The highest BCUT2D eigenvalue weighted by molar-refractivity contribution is 5.93. The first kappa shape index (κ1) is 32.5. The van der Waals surface area contributed by atoms with Crippen LogP contribution < -0.4 is 10.6 Å². The highest BCUT2D eigenvalue weighted by Crippen LogP contribution is 2.33. The van der Waals surface area contributed by atoms with Crippen molar-refractivity contribution in [3.63, 3.8) is 0 Å². The Kier molecular flexibility index (Phi) is 9.89. The Hall–Kier alpha value is -3.75. The summed E-state index contributed by atoms with van der Waals surface area (Å²) in [5.74, 6) is -0.749. The summed E-state index contributed by atoms with van der Waals surface area (Å²) in [5, 5.41) is 25.6. The molecule has 3 amide bonds. The van der Waals surface area contributed by atoms with Crippen molar-refractivity contribution in [1.29, 1.82) is 0 Å². The average molecular weight is 556 g/mol. The molecule has 0 saturated heterocycles. The van der Waals surface area contributed by atoms with E-state index >= 15 is 0 Å². The minimum atomic E-state index is -1.10. The van der Waals surface area contributed by atoms with Crippen molar-refractivity contribution in [2.24, 2.45) is 0 Å². The van der Waals surface area contributed by atoms with Crippen LogP contribution in [0.5, 0.6) is 11.5 Å². The number of carbonyl (C=O) groups is 3. The molecule has 4 N–H and O–H groups in total. The second kappa shape index (κ2) is 12.2. The Morgan fingerprint density at radius 3 is 1.95 bits per heavy atom. The number of benzene rings is 2. The van der Waals surface area contributed by atoms with Crippen LogP contribution in [0.15, 0.2) is 42.5 Å². The van der Waals surface area contributed by atoms with Crippen molar-refractivity contribution in [2.45, 2.75) is 104 Å². The Bertz CT molecular complexity index is 1200. The van der Waals surface area contributed by atoms with E-state index in [0.29, 0.717) is 16.7 Å². The van der Waals surface area contributed by atoms with Gasteiger partial charge in [-0.15, -0.1) is 0 Å². The lowest BCUT2D eigenvalue weighted by molar-refractivity contribution is -0.149. The van der Waals surface area contributed by atoms with Crippen LogP contribution in [0.3, 0.4) is 0 Å². The molecule has 2 aromatic rings. The number of alkyl carbamates (subject to hydrolysis) is 1. The van der Waals surface area contributed by atoms with Crippen LogP contribution in [0.4, 0.5) is 4.79 Å². The highest BCUT2D eigenvalue weighted by Gasteiger charge is 2.42. The number of phenolic OH excluding ortho intramolecular Hbond substituents is 2. The predicted octanol–water partition coefficient (Wildman–Crippen LogP) is 5.13. The largest absolute Gasteiger partial charge is 0.508 e. The van der Waals surface area contributed by atoms with Crippen molar-refractivity contribution in [3.05, 3.63) is 59.2 Å². The number of nitrogens with zero attached hydrogens (tertiary/aromatic N) is 1. The standard InChI is InChI=1S/C31H45N3O6/c1-19-17-21(13-16-24(19)36)25(26(37)33-29(2,3)4)34(30(5,6)7)27(38)23(32-28(39)40-31(8,9)10)18-20-11-14-22(35)15-12-20/h11-17,23,25,35-36H,18H2,1-10H3,(H,32,39)(H,33,37). The van der Waals surface area contributed by atoms with E-state index in [4.69, 9.17) is 4.74 Å². The summed E-state index contributed by atoms with van der Waals surface area (Å²) in [5.41, 5.74) is -0.490. The van der Waals surface area contributed by atoms with E-state index in [1.807, 2.05) is 41.5 Å². The zero-order valence-electron chi connectivity index (χ0n) is 25.4. The Labute approximate surface area is 237 Å². The number of phenols is 2. The normalized spacial score (nSPS) is 13.7. The molecule has 2 atom stereocenters. The van der Waals surface area contributed by atoms with Crippen LogP contribution in [0.2, 0.25) is 0 Å². The third-order valence-corrected chi connectivity index (χ3v) is 5.87. The molecule has 0 fully saturated rings. The topological polar surface area (TPSA) is 128 Å². The van der Waals surface area contributed by atoms with Gasteiger partial charge in [0.1, 0.15) is 29.2 Å². The van der Waals surface area contributed by atoms with Crippen LogP contribution >= 0.6 is 0 Å². The molecule has 0 bridgehead atoms. The van der Waals surface area contributed by atoms with Gasteiger partial charge in [0.25, 0.3) is 0 Å². The molecule has 0 spiro atoms. The first-order valence-corrected chi connectivity index (χ1v) is 13.4. The van der Waals surface area contributed by atoms with Crippen molar-refractivity contribution in [1.82, 2.24) is 15.5 Å². The first-order valence-electron chi connectivity index (χ1n) is 13.4. The third kappa shape index (κ3) is 9.47. The average Bonchev–Trinajstić information content (AvgIpc) is 2.76. The number of carbonyl (C=O) groups excluding carboxylic acids is 3. The lowest BCUT2D eigenvalue weighted by Gasteiger charge is -2.43. The molecule has 0 aliphatic heterocycles. The Morgan fingerprint density at radius 1 is 0.900 bits per heavy atom. The van der Waals surface area contributed by atoms with Crippen LogP contribution in [0, 0.1) is 6.92 Å². The smallest absolute Gasteiger partial charge is 0.408 e. The number of aromatic hydroxyl groups is 2. The molecule has 40 heavy (non-hydrogen) atoms. The van der Waals surface area contributed by atoms with E-state index in [2.05, 4.69) is 10.6 Å². The quantitative estimate of drug-likeness (QED) is 0.375. The van der Waals surface area contributed by atoms with Gasteiger partial charge in [-0.1, -0.05) is 18.2 Å². The number of amides is 3. The molecular formula is C31H45N3O6. The van der Waals surface area contributed by atoms with Gasteiger partial charge in [0.05, 0.1) is 0 Å². The fourth-order valence-corrected chi connectivity index (χ4v) is 4.24. The van der Waals surface area contributed by atoms with E-state index in [9.17, 15) is 24.6 Å². The van der Waals surface area contributed by atoms with Gasteiger partial charge >= 0.3 is 6.09 Å². The summed E-state index contributed by atoms with van der Waals surface area (Å²) in [6, 6.07) is 8.98. The maximum Gasteiger partial charge on any atom is 0.408 e. The summed E-state index contributed by atoms with van der Waals surface area (Å²) >= 11 is 0. The van der Waals surface area contributed by atoms with Gasteiger partial charge in [-0.25, -0.2) is 4.79 Å². The molecule has 9 nitrogen and oxygen atoms in total. The molecule has 220 valence electrons. The van der Waals surface area contributed by atoms with Gasteiger partial charge in [0.2, 0.25) is 11.8 Å². The van der Waals surface area contributed by atoms with Gasteiger partial charge in [0, 0.05) is 17.5 Å². The molecular weight excluding hydrogens is 510 g/mol. The van der Waals surface area contributed by atoms with Crippen molar-refractivity contribution >= 4 is 17.9 Å². The van der Waals surface area contributed by atoms with Crippen molar-refractivity contribution in [2.75, 3.05) is 0 Å². The number of hydrogen-bond acceptors (Lipinski definition) is 6. The van der Waals surface area contributed by atoms with Crippen LogP contribution in [0.25, 0.3) is 0 Å². The Morgan fingerprint density at radius 2 is 1.48 bits per heavy atom. The molecule has 0 aromatic heterocycles. The van der Waals surface area contributed by atoms with E-state index in [1.54, 1.807) is 52.0 Å². The number of hydrogen-bond donors (Lipinski definition) is 4. The van der Waals surface area contributed by atoms with Gasteiger partial charge in [-0.3, -0.25) is 9.59 Å². The molecule has 9 heteroatoms. The predicted molar refractivity (Wildman–Crippen MR) is 155 cm³/mol. The number of aryl methyl sites for hydroxylation is 1.